The van der Waals surface area contributed by atoms with E-state index in [1.165, 1.54) is 29.8 Å². The Morgan fingerprint density at radius 1 is 1.15 bits per heavy atom. The van der Waals surface area contributed by atoms with Gasteiger partial charge in [0.15, 0.2) is 4.96 Å². The largest absolute Gasteiger partial charge is 0.294 e. The van der Waals surface area contributed by atoms with Crippen LogP contribution < -0.4 is 0 Å². The molecule has 0 fully saturated rings. The number of aromatic nitrogens is 2. The van der Waals surface area contributed by atoms with Crippen molar-refractivity contribution in [1.29, 1.82) is 0 Å². The molecule has 20 heavy (non-hydrogen) atoms. The number of halogens is 2. The Morgan fingerprint density at radius 3 is 2.85 bits per heavy atom. The van der Waals surface area contributed by atoms with Crippen LogP contribution in [0, 0.1) is 0 Å². The van der Waals surface area contributed by atoms with E-state index in [0.29, 0.717) is 10.0 Å². The number of aryl methyl sites for hydroxylation is 2. The smallest absolute Gasteiger partial charge is 0.194 e. The van der Waals surface area contributed by atoms with Gasteiger partial charge in [0.2, 0.25) is 0 Å². The van der Waals surface area contributed by atoms with E-state index < -0.39 is 0 Å². The number of imidazole rings is 1. The second-order valence-corrected chi connectivity index (χ2v) is 6.99. The van der Waals surface area contributed by atoms with Crippen LogP contribution >= 0.6 is 34.5 Å². The summed E-state index contributed by atoms with van der Waals surface area (Å²) in [7, 11) is 0. The van der Waals surface area contributed by atoms with E-state index in [1.807, 2.05) is 12.1 Å². The van der Waals surface area contributed by atoms with E-state index in [4.69, 9.17) is 28.2 Å². The molecule has 1 aliphatic rings. The molecule has 0 saturated heterocycles. The summed E-state index contributed by atoms with van der Waals surface area (Å²) in [5.74, 6) is 0. The third-order valence-corrected chi connectivity index (χ3v) is 5.48. The quantitative estimate of drug-likeness (QED) is 0.598. The van der Waals surface area contributed by atoms with Crippen LogP contribution in [0.2, 0.25) is 10.0 Å². The SMILES string of the molecule is Clc1ccc(-c2cn3c4c(sc3n2)CCCC4)c(Cl)c1. The van der Waals surface area contributed by atoms with Crippen molar-refractivity contribution in [2.75, 3.05) is 0 Å². The normalized spacial score (nSPS) is 14.7. The van der Waals surface area contributed by atoms with E-state index >= 15 is 0 Å². The van der Waals surface area contributed by atoms with E-state index in [2.05, 4.69) is 10.6 Å². The van der Waals surface area contributed by atoms with Crippen LogP contribution in [0.4, 0.5) is 0 Å². The van der Waals surface area contributed by atoms with Crippen molar-refractivity contribution in [3.8, 4) is 11.3 Å². The lowest BCUT2D eigenvalue weighted by Crippen LogP contribution is -2.01. The minimum Gasteiger partial charge on any atom is -0.294 e. The lowest BCUT2D eigenvalue weighted by Gasteiger charge is -2.09. The van der Waals surface area contributed by atoms with Crippen LogP contribution in [-0.4, -0.2) is 9.38 Å². The van der Waals surface area contributed by atoms with E-state index in [9.17, 15) is 0 Å². The fourth-order valence-electron chi connectivity index (χ4n) is 2.79. The number of hydrogen-bond acceptors (Lipinski definition) is 2. The number of benzene rings is 1. The van der Waals surface area contributed by atoms with Crippen LogP contribution in [0.5, 0.6) is 0 Å². The summed E-state index contributed by atoms with van der Waals surface area (Å²) in [6, 6.07) is 5.55. The van der Waals surface area contributed by atoms with Gasteiger partial charge >= 0.3 is 0 Å². The molecular weight excluding hydrogens is 311 g/mol. The number of hydrogen-bond donors (Lipinski definition) is 0. The topological polar surface area (TPSA) is 17.3 Å². The molecule has 0 saturated carbocycles. The summed E-state index contributed by atoms with van der Waals surface area (Å²) in [6.07, 6.45) is 7.02. The van der Waals surface area contributed by atoms with Crippen molar-refractivity contribution in [3.05, 3.63) is 45.0 Å². The monoisotopic (exact) mass is 322 g/mol. The fraction of sp³-hybridized carbons (Fsp3) is 0.267. The Hall–Kier alpha value is -1.03. The average Bonchev–Trinajstić information content (AvgIpc) is 2.96. The highest BCUT2D eigenvalue weighted by molar-refractivity contribution is 7.17. The van der Waals surface area contributed by atoms with Crippen LogP contribution in [0.1, 0.15) is 23.4 Å². The predicted octanol–water partition coefficient (Wildman–Crippen LogP) is 5.25. The molecule has 0 unspecified atom stereocenters. The first-order valence-electron chi connectivity index (χ1n) is 6.67. The highest BCUT2D eigenvalue weighted by atomic mass is 35.5. The molecule has 0 amide bonds. The molecule has 0 bridgehead atoms. The third-order valence-electron chi connectivity index (χ3n) is 3.78. The van der Waals surface area contributed by atoms with Crippen LogP contribution in [-0.2, 0) is 12.8 Å². The standard InChI is InChI=1S/C15H12Cl2N2S/c16-9-5-6-10(11(17)7-9)12-8-19-13-3-1-2-4-14(13)20-15(19)18-12/h5-8H,1-4H2. The molecule has 2 heterocycles. The third kappa shape index (κ3) is 1.96. The Balaban J connectivity index is 1.87. The summed E-state index contributed by atoms with van der Waals surface area (Å²) in [4.78, 5) is 7.29. The van der Waals surface area contributed by atoms with Gasteiger partial charge in [0.05, 0.1) is 10.7 Å². The molecule has 0 aliphatic heterocycles. The van der Waals surface area contributed by atoms with Crippen molar-refractivity contribution in [2.24, 2.45) is 0 Å². The van der Waals surface area contributed by atoms with Gasteiger partial charge in [-0.15, -0.1) is 11.3 Å². The average molecular weight is 323 g/mol. The van der Waals surface area contributed by atoms with Crippen molar-refractivity contribution < 1.29 is 0 Å². The first-order chi connectivity index (χ1) is 9.72. The molecule has 2 aromatic heterocycles. The van der Waals surface area contributed by atoms with Crippen molar-refractivity contribution in [3.63, 3.8) is 0 Å². The zero-order valence-electron chi connectivity index (χ0n) is 10.7. The van der Waals surface area contributed by atoms with E-state index in [-0.39, 0.29) is 0 Å². The zero-order valence-corrected chi connectivity index (χ0v) is 13.0. The highest BCUT2D eigenvalue weighted by Crippen LogP contribution is 2.34. The van der Waals surface area contributed by atoms with Crippen molar-refractivity contribution in [1.82, 2.24) is 9.38 Å². The molecule has 0 spiro atoms. The number of thiazole rings is 1. The Morgan fingerprint density at radius 2 is 2.00 bits per heavy atom. The van der Waals surface area contributed by atoms with Gasteiger partial charge in [0.1, 0.15) is 0 Å². The zero-order chi connectivity index (χ0) is 13.7. The minimum absolute atomic E-state index is 0.650. The minimum atomic E-state index is 0.650. The Bertz CT molecular complexity index is 804. The van der Waals surface area contributed by atoms with Crippen LogP contribution in [0.15, 0.2) is 24.4 Å². The summed E-state index contributed by atoms with van der Waals surface area (Å²) in [5.41, 5.74) is 3.29. The van der Waals surface area contributed by atoms with Gasteiger partial charge in [-0.3, -0.25) is 4.40 Å². The second kappa shape index (κ2) is 4.76. The molecule has 102 valence electrons. The van der Waals surface area contributed by atoms with Gasteiger partial charge in [-0.25, -0.2) is 4.98 Å². The van der Waals surface area contributed by atoms with Gasteiger partial charge in [0.25, 0.3) is 0 Å². The molecule has 3 aromatic rings. The first kappa shape index (κ1) is 12.7. The molecule has 1 aliphatic carbocycles. The predicted molar refractivity (Wildman–Crippen MR) is 85.2 cm³/mol. The summed E-state index contributed by atoms with van der Waals surface area (Å²) in [6.45, 7) is 0. The molecule has 4 rings (SSSR count). The number of fused-ring (bicyclic) bond motifs is 3. The van der Waals surface area contributed by atoms with Gasteiger partial charge in [-0.1, -0.05) is 23.2 Å². The fourth-order valence-corrected chi connectivity index (χ4v) is 4.49. The van der Waals surface area contributed by atoms with Crippen molar-refractivity contribution >= 4 is 39.5 Å². The highest BCUT2D eigenvalue weighted by Gasteiger charge is 2.18. The molecular formula is C15H12Cl2N2S. The van der Waals surface area contributed by atoms with Crippen molar-refractivity contribution in [2.45, 2.75) is 25.7 Å². The maximum absolute atomic E-state index is 6.27. The van der Waals surface area contributed by atoms with Gasteiger partial charge in [-0.05, 0) is 43.9 Å². The lowest BCUT2D eigenvalue weighted by atomic mass is 10.0. The molecule has 0 N–H and O–H groups in total. The maximum Gasteiger partial charge on any atom is 0.194 e. The number of nitrogens with zero attached hydrogens (tertiary/aromatic N) is 2. The Kier molecular flexibility index (Phi) is 3.02. The molecule has 1 aromatic carbocycles. The van der Waals surface area contributed by atoms with Gasteiger partial charge in [-0.2, -0.15) is 0 Å². The maximum atomic E-state index is 6.27. The Labute approximate surface area is 131 Å². The lowest BCUT2D eigenvalue weighted by molar-refractivity contribution is 0.674. The summed E-state index contributed by atoms with van der Waals surface area (Å²) >= 11 is 14.0. The van der Waals surface area contributed by atoms with Crippen LogP contribution in [0.3, 0.4) is 0 Å². The summed E-state index contributed by atoms with van der Waals surface area (Å²) in [5, 5.41) is 1.30. The summed E-state index contributed by atoms with van der Waals surface area (Å²) < 4.78 is 2.24. The molecule has 0 radical (unpaired) electrons. The number of rotatable bonds is 1. The molecule has 2 nitrogen and oxygen atoms in total. The second-order valence-electron chi connectivity index (χ2n) is 5.08. The van der Waals surface area contributed by atoms with E-state index in [0.717, 1.165) is 22.6 Å². The van der Waals surface area contributed by atoms with E-state index in [1.54, 1.807) is 17.4 Å². The van der Waals surface area contributed by atoms with Crippen LogP contribution in [0.25, 0.3) is 16.2 Å². The van der Waals surface area contributed by atoms with Gasteiger partial charge < -0.3 is 0 Å². The van der Waals surface area contributed by atoms with Gasteiger partial charge in [0, 0.05) is 27.4 Å². The first-order valence-corrected chi connectivity index (χ1v) is 8.25. The molecule has 5 heteroatoms. The molecule has 0 atom stereocenters.